The van der Waals surface area contributed by atoms with Gasteiger partial charge in [-0.3, -0.25) is 4.79 Å². The third-order valence-electron chi connectivity index (χ3n) is 5.52. The third-order valence-corrected chi connectivity index (χ3v) is 5.52. The molecule has 1 aliphatic heterocycles. The molecule has 3 heterocycles. The number of hydrogen-bond acceptors (Lipinski definition) is 6. The molecule has 2 fully saturated rings. The van der Waals surface area contributed by atoms with E-state index in [1.54, 1.807) is 18.0 Å². The van der Waals surface area contributed by atoms with Gasteiger partial charge in [-0.15, -0.1) is 5.10 Å². The highest BCUT2D eigenvalue weighted by atomic mass is 16.5. The minimum Gasteiger partial charge on any atom is -0.497 e. The molecule has 0 N–H and O–H groups in total. The summed E-state index contributed by atoms with van der Waals surface area (Å²) in [4.78, 5) is 23.9. The first-order valence-corrected chi connectivity index (χ1v) is 10.1. The molecule has 1 amide bonds. The number of carbonyl (C=O) groups excluding carboxylic acids is 1. The highest BCUT2D eigenvalue weighted by Crippen LogP contribution is 2.45. The fraction of sp³-hybridized carbons (Fsp3) is 0.364. The summed E-state index contributed by atoms with van der Waals surface area (Å²) in [5.41, 5.74) is 0.981. The fourth-order valence-corrected chi connectivity index (χ4v) is 4.03. The van der Waals surface area contributed by atoms with Crippen molar-refractivity contribution >= 4 is 5.91 Å². The van der Waals surface area contributed by atoms with Gasteiger partial charge in [0.15, 0.2) is 11.6 Å². The zero-order valence-electron chi connectivity index (χ0n) is 16.9. The third kappa shape index (κ3) is 3.33. The number of morpholine rings is 1. The van der Waals surface area contributed by atoms with Crippen LogP contribution in [-0.2, 0) is 9.53 Å². The number of aryl methyl sites for hydroxylation is 1. The first-order valence-electron chi connectivity index (χ1n) is 10.1. The van der Waals surface area contributed by atoms with Crippen LogP contribution in [0.15, 0.2) is 48.7 Å². The molecule has 0 spiro atoms. The molecule has 30 heavy (non-hydrogen) atoms. The molecule has 5 rings (SSSR count). The summed E-state index contributed by atoms with van der Waals surface area (Å²) < 4.78 is 13.1. The van der Waals surface area contributed by atoms with Crippen LogP contribution in [-0.4, -0.2) is 50.3 Å². The van der Waals surface area contributed by atoms with E-state index in [9.17, 15) is 4.79 Å². The number of hydrogen-bond donors (Lipinski definition) is 0. The van der Waals surface area contributed by atoms with Crippen LogP contribution in [0.5, 0.6) is 5.75 Å². The molecule has 1 saturated carbocycles. The first-order chi connectivity index (χ1) is 14.7. The number of benzene rings is 1. The largest absolute Gasteiger partial charge is 0.497 e. The van der Waals surface area contributed by atoms with Gasteiger partial charge < -0.3 is 14.4 Å². The van der Waals surface area contributed by atoms with Gasteiger partial charge in [0, 0.05) is 12.2 Å². The van der Waals surface area contributed by atoms with Crippen molar-refractivity contribution in [3.05, 3.63) is 65.9 Å². The van der Waals surface area contributed by atoms with Crippen LogP contribution >= 0.6 is 0 Å². The number of amides is 1. The molecule has 8 heteroatoms. The second-order valence-electron chi connectivity index (χ2n) is 7.60. The molecule has 8 nitrogen and oxygen atoms in total. The van der Waals surface area contributed by atoms with E-state index in [1.807, 2.05) is 54.3 Å². The quantitative estimate of drug-likeness (QED) is 0.649. The van der Waals surface area contributed by atoms with Crippen molar-refractivity contribution in [3.63, 3.8) is 0 Å². The van der Waals surface area contributed by atoms with E-state index < -0.39 is 6.10 Å². The predicted molar refractivity (Wildman–Crippen MR) is 108 cm³/mol. The van der Waals surface area contributed by atoms with E-state index in [1.165, 1.54) is 0 Å². The number of pyridine rings is 1. The lowest BCUT2D eigenvalue weighted by Crippen LogP contribution is -2.47. The minimum absolute atomic E-state index is 0.00944. The van der Waals surface area contributed by atoms with Crippen molar-refractivity contribution < 1.29 is 14.3 Å². The Balaban J connectivity index is 1.61. The lowest BCUT2D eigenvalue weighted by atomic mass is 9.96. The average Bonchev–Trinajstić information content (AvgIpc) is 3.55. The molecule has 0 radical (unpaired) electrons. The van der Waals surface area contributed by atoms with E-state index in [4.69, 9.17) is 9.47 Å². The van der Waals surface area contributed by atoms with Crippen LogP contribution in [0, 0.1) is 6.92 Å². The predicted octanol–water partition coefficient (Wildman–Crippen LogP) is 2.78. The van der Waals surface area contributed by atoms with E-state index in [0.717, 1.165) is 24.2 Å². The van der Waals surface area contributed by atoms with Gasteiger partial charge >= 0.3 is 0 Å². The standard InChI is InChI=1S/C22H23N5O3/c1-14-24-22(27(25-14)18-5-3-4-12-23-18)21-20(15-6-10-17(29-2)11-7-15)26(16-8-9-16)19(28)13-30-21/h3-7,10-12,16,20-21H,8-9,13H2,1-2H3/t20-,21+/m1/s1. The second kappa shape index (κ2) is 7.53. The van der Waals surface area contributed by atoms with Crippen LogP contribution in [0.4, 0.5) is 0 Å². The Labute approximate surface area is 174 Å². The van der Waals surface area contributed by atoms with E-state index in [-0.39, 0.29) is 24.6 Å². The van der Waals surface area contributed by atoms with Gasteiger partial charge in [0.1, 0.15) is 24.3 Å². The number of ether oxygens (including phenoxy) is 2. The smallest absolute Gasteiger partial charge is 0.249 e. The van der Waals surface area contributed by atoms with Crippen LogP contribution in [0.3, 0.4) is 0 Å². The van der Waals surface area contributed by atoms with Crippen LogP contribution in [0.1, 0.15) is 42.2 Å². The molecule has 3 aromatic rings. The monoisotopic (exact) mass is 405 g/mol. The molecule has 1 aromatic carbocycles. The van der Waals surface area contributed by atoms with E-state index in [0.29, 0.717) is 17.5 Å². The Morgan fingerprint density at radius 2 is 1.93 bits per heavy atom. The van der Waals surface area contributed by atoms with Crippen molar-refractivity contribution in [1.29, 1.82) is 0 Å². The maximum atomic E-state index is 12.8. The van der Waals surface area contributed by atoms with E-state index in [2.05, 4.69) is 15.1 Å². The van der Waals surface area contributed by atoms with Crippen molar-refractivity contribution in [2.24, 2.45) is 0 Å². The summed E-state index contributed by atoms with van der Waals surface area (Å²) >= 11 is 0. The summed E-state index contributed by atoms with van der Waals surface area (Å²) in [6.45, 7) is 1.87. The molecule has 2 aromatic heterocycles. The molecule has 154 valence electrons. The average molecular weight is 405 g/mol. The van der Waals surface area contributed by atoms with Gasteiger partial charge in [0.25, 0.3) is 0 Å². The Bertz CT molecular complexity index is 1050. The highest BCUT2D eigenvalue weighted by Gasteiger charge is 2.47. The van der Waals surface area contributed by atoms with Crippen molar-refractivity contribution in [3.8, 4) is 11.6 Å². The van der Waals surface area contributed by atoms with Gasteiger partial charge in [-0.25, -0.2) is 9.97 Å². The van der Waals surface area contributed by atoms with Crippen LogP contribution in [0.2, 0.25) is 0 Å². The maximum absolute atomic E-state index is 12.8. The number of methoxy groups -OCH3 is 1. The van der Waals surface area contributed by atoms with Crippen molar-refractivity contribution in [1.82, 2.24) is 24.6 Å². The zero-order valence-corrected chi connectivity index (χ0v) is 16.9. The molecule has 1 aliphatic carbocycles. The fourth-order valence-electron chi connectivity index (χ4n) is 4.03. The SMILES string of the molecule is COc1ccc([C@@H]2[C@@H](c3nc(C)nn3-c3ccccn3)OCC(=O)N2C2CC2)cc1. The molecule has 0 bridgehead atoms. The van der Waals surface area contributed by atoms with Crippen LogP contribution in [0.25, 0.3) is 5.82 Å². The minimum atomic E-state index is -0.458. The Morgan fingerprint density at radius 3 is 2.60 bits per heavy atom. The van der Waals surface area contributed by atoms with Gasteiger partial charge in [-0.2, -0.15) is 4.68 Å². The normalized spacial score (nSPS) is 21.7. The number of rotatable bonds is 5. The van der Waals surface area contributed by atoms with Crippen molar-refractivity contribution in [2.45, 2.75) is 38.0 Å². The molecule has 0 unspecified atom stereocenters. The Morgan fingerprint density at radius 1 is 1.13 bits per heavy atom. The topological polar surface area (TPSA) is 82.4 Å². The summed E-state index contributed by atoms with van der Waals surface area (Å²) in [6.07, 6.45) is 3.28. The first kappa shape index (κ1) is 18.7. The number of carbonyl (C=O) groups is 1. The summed E-state index contributed by atoms with van der Waals surface area (Å²) in [5, 5.41) is 4.56. The van der Waals surface area contributed by atoms with Crippen molar-refractivity contribution in [2.75, 3.05) is 13.7 Å². The molecule has 2 aliphatic rings. The summed E-state index contributed by atoms with van der Waals surface area (Å²) in [5.74, 6) is 2.71. The summed E-state index contributed by atoms with van der Waals surface area (Å²) in [7, 11) is 1.64. The molecular weight excluding hydrogens is 382 g/mol. The van der Waals surface area contributed by atoms with E-state index >= 15 is 0 Å². The number of nitrogens with zero attached hydrogens (tertiary/aromatic N) is 5. The Kier molecular flexibility index (Phi) is 4.71. The lowest BCUT2D eigenvalue weighted by molar-refractivity contribution is -0.160. The van der Waals surface area contributed by atoms with Gasteiger partial charge in [0.05, 0.1) is 13.2 Å². The lowest BCUT2D eigenvalue weighted by Gasteiger charge is -2.41. The second-order valence-corrected chi connectivity index (χ2v) is 7.60. The summed E-state index contributed by atoms with van der Waals surface area (Å²) in [6, 6.07) is 13.4. The van der Waals surface area contributed by atoms with Gasteiger partial charge in [-0.05, 0) is 49.6 Å². The number of aromatic nitrogens is 4. The van der Waals surface area contributed by atoms with Gasteiger partial charge in [-0.1, -0.05) is 18.2 Å². The van der Waals surface area contributed by atoms with Gasteiger partial charge in [0.2, 0.25) is 5.91 Å². The maximum Gasteiger partial charge on any atom is 0.249 e. The molecule has 2 atom stereocenters. The Hall–Kier alpha value is -3.26. The molecule has 1 saturated heterocycles. The zero-order chi connectivity index (χ0) is 20.7. The highest BCUT2D eigenvalue weighted by molar-refractivity contribution is 5.79. The molecular formula is C22H23N5O3. The van der Waals surface area contributed by atoms with Crippen LogP contribution < -0.4 is 4.74 Å².